The maximum Gasteiger partial charge on any atom is 0.246 e. The molecule has 0 saturated heterocycles. The molecule has 2 aromatic carbocycles. The van der Waals surface area contributed by atoms with E-state index in [4.69, 9.17) is 20.9 Å². The van der Waals surface area contributed by atoms with Crippen molar-refractivity contribution in [3.63, 3.8) is 0 Å². The van der Waals surface area contributed by atoms with E-state index >= 15 is 0 Å². The second kappa shape index (κ2) is 10.7. The average Bonchev–Trinajstić information content (AvgIpc) is 3.24. The molecule has 0 aliphatic heterocycles. The van der Waals surface area contributed by atoms with Gasteiger partial charge in [0.1, 0.15) is 5.75 Å². The van der Waals surface area contributed by atoms with Gasteiger partial charge in [-0.05, 0) is 42.8 Å². The van der Waals surface area contributed by atoms with Crippen molar-refractivity contribution in [1.82, 2.24) is 15.0 Å². The first-order chi connectivity index (χ1) is 15.7. The van der Waals surface area contributed by atoms with Gasteiger partial charge in [0, 0.05) is 30.6 Å². The average molecular weight is 493 g/mol. The molecule has 0 radical (unpaired) electrons. The minimum Gasteiger partial charge on any atom is -0.497 e. The van der Waals surface area contributed by atoms with Crippen molar-refractivity contribution in [1.29, 1.82) is 0 Å². The number of methoxy groups -OCH3 is 1. The van der Waals surface area contributed by atoms with Crippen molar-refractivity contribution in [2.45, 2.75) is 19.4 Å². The molecule has 1 heterocycles. The van der Waals surface area contributed by atoms with E-state index in [1.165, 1.54) is 16.3 Å². The number of carbonyl (C=O) groups is 1. The van der Waals surface area contributed by atoms with Crippen molar-refractivity contribution in [3.8, 4) is 17.1 Å². The van der Waals surface area contributed by atoms with Crippen LogP contribution in [0.3, 0.4) is 0 Å². The SMILES string of the molecule is COc1ccc(N(CCCC(=O)N(C)Cc2nc(-c3cccc(Cl)c3)no2)S(C)(=O)=O)cc1. The summed E-state index contributed by atoms with van der Waals surface area (Å²) < 4.78 is 36.1. The van der Waals surface area contributed by atoms with Crippen LogP contribution in [0, 0.1) is 0 Å². The van der Waals surface area contributed by atoms with Gasteiger partial charge in [-0.3, -0.25) is 9.10 Å². The molecule has 176 valence electrons. The van der Waals surface area contributed by atoms with Crippen molar-refractivity contribution in [2.75, 3.05) is 31.3 Å². The lowest BCUT2D eigenvalue weighted by atomic mass is 10.2. The van der Waals surface area contributed by atoms with Crippen LogP contribution in [-0.2, 0) is 21.4 Å². The number of aromatic nitrogens is 2. The van der Waals surface area contributed by atoms with E-state index < -0.39 is 10.0 Å². The zero-order valence-corrected chi connectivity index (χ0v) is 20.1. The molecule has 3 aromatic rings. The number of hydrogen-bond donors (Lipinski definition) is 0. The second-order valence-electron chi connectivity index (χ2n) is 7.41. The quantitative estimate of drug-likeness (QED) is 0.425. The van der Waals surface area contributed by atoms with E-state index in [0.717, 1.165) is 6.26 Å². The van der Waals surface area contributed by atoms with Gasteiger partial charge in [0.2, 0.25) is 27.6 Å². The number of rotatable bonds is 10. The number of nitrogens with zero attached hydrogens (tertiary/aromatic N) is 4. The molecule has 33 heavy (non-hydrogen) atoms. The highest BCUT2D eigenvalue weighted by molar-refractivity contribution is 7.92. The predicted molar refractivity (Wildman–Crippen MR) is 126 cm³/mol. The molecule has 0 saturated carbocycles. The molecule has 0 atom stereocenters. The molecule has 0 N–H and O–H groups in total. The first-order valence-corrected chi connectivity index (χ1v) is 12.3. The Labute approximate surface area is 198 Å². The van der Waals surface area contributed by atoms with Gasteiger partial charge in [-0.15, -0.1) is 0 Å². The number of amides is 1. The number of sulfonamides is 1. The first kappa shape index (κ1) is 24.5. The number of hydrogen-bond acceptors (Lipinski definition) is 7. The summed E-state index contributed by atoms with van der Waals surface area (Å²) >= 11 is 5.99. The zero-order valence-electron chi connectivity index (χ0n) is 18.6. The summed E-state index contributed by atoms with van der Waals surface area (Å²) in [5.41, 5.74) is 1.23. The van der Waals surface area contributed by atoms with Gasteiger partial charge in [0.05, 0.1) is 25.6 Å². The highest BCUT2D eigenvalue weighted by Gasteiger charge is 2.19. The van der Waals surface area contributed by atoms with Crippen LogP contribution >= 0.6 is 11.6 Å². The minimum atomic E-state index is -3.51. The number of carbonyl (C=O) groups excluding carboxylic acids is 1. The van der Waals surface area contributed by atoms with Gasteiger partial charge in [-0.1, -0.05) is 28.9 Å². The van der Waals surface area contributed by atoms with E-state index in [1.54, 1.807) is 49.5 Å². The molecule has 0 spiro atoms. The lowest BCUT2D eigenvalue weighted by Crippen LogP contribution is -2.32. The second-order valence-corrected chi connectivity index (χ2v) is 9.75. The molecule has 0 aliphatic rings. The smallest absolute Gasteiger partial charge is 0.246 e. The van der Waals surface area contributed by atoms with Crippen molar-refractivity contribution in [2.24, 2.45) is 0 Å². The fraction of sp³-hybridized carbons (Fsp3) is 0.318. The lowest BCUT2D eigenvalue weighted by Gasteiger charge is -2.23. The third-order valence-electron chi connectivity index (χ3n) is 4.86. The topological polar surface area (TPSA) is 106 Å². The molecule has 0 fully saturated rings. The van der Waals surface area contributed by atoms with E-state index in [1.807, 2.05) is 6.07 Å². The predicted octanol–water partition coefficient (Wildman–Crippen LogP) is 3.60. The van der Waals surface area contributed by atoms with Crippen molar-refractivity contribution < 1.29 is 22.5 Å². The fourth-order valence-corrected chi connectivity index (χ4v) is 4.31. The van der Waals surface area contributed by atoms with Crippen LogP contribution in [-0.4, -0.2) is 56.3 Å². The van der Waals surface area contributed by atoms with Crippen LogP contribution in [0.15, 0.2) is 53.1 Å². The molecule has 1 aromatic heterocycles. The Morgan fingerprint density at radius 2 is 1.91 bits per heavy atom. The third-order valence-corrected chi connectivity index (χ3v) is 6.29. The Kier molecular flexibility index (Phi) is 7.93. The Bertz CT molecular complexity index is 1200. The number of benzene rings is 2. The summed E-state index contributed by atoms with van der Waals surface area (Å²) in [6, 6.07) is 13.8. The summed E-state index contributed by atoms with van der Waals surface area (Å²) in [6.45, 7) is 0.310. The molecule has 0 bridgehead atoms. The Hall–Kier alpha value is -3.11. The Balaban J connectivity index is 1.56. The summed E-state index contributed by atoms with van der Waals surface area (Å²) in [5, 5.41) is 4.49. The van der Waals surface area contributed by atoms with Gasteiger partial charge in [-0.2, -0.15) is 4.98 Å². The van der Waals surface area contributed by atoms with Crippen LogP contribution in [0.1, 0.15) is 18.7 Å². The number of anilines is 1. The van der Waals surface area contributed by atoms with Crippen molar-refractivity contribution >= 4 is 33.2 Å². The highest BCUT2D eigenvalue weighted by atomic mass is 35.5. The molecule has 0 aliphatic carbocycles. The molecule has 1 amide bonds. The monoisotopic (exact) mass is 492 g/mol. The minimum absolute atomic E-state index is 0.140. The summed E-state index contributed by atoms with van der Waals surface area (Å²) in [6.07, 6.45) is 1.64. The normalized spacial score (nSPS) is 11.3. The molecule has 11 heteroatoms. The molecular formula is C22H25ClN4O5S. The number of ether oxygens (including phenoxy) is 1. The van der Waals surface area contributed by atoms with Crippen LogP contribution in [0.2, 0.25) is 5.02 Å². The molecule has 9 nitrogen and oxygen atoms in total. The van der Waals surface area contributed by atoms with E-state index in [9.17, 15) is 13.2 Å². The Morgan fingerprint density at radius 1 is 1.18 bits per heavy atom. The lowest BCUT2D eigenvalue weighted by molar-refractivity contribution is -0.130. The van der Waals surface area contributed by atoms with Gasteiger partial charge < -0.3 is 14.2 Å². The number of halogens is 1. The van der Waals surface area contributed by atoms with E-state index in [0.29, 0.717) is 34.3 Å². The Morgan fingerprint density at radius 3 is 2.55 bits per heavy atom. The van der Waals surface area contributed by atoms with E-state index in [2.05, 4.69) is 10.1 Å². The summed E-state index contributed by atoms with van der Waals surface area (Å²) in [5.74, 6) is 1.14. The van der Waals surface area contributed by atoms with Crippen molar-refractivity contribution in [3.05, 3.63) is 59.4 Å². The summed E-state index contributed by atoms with van der Waals surface area (Å²) in [7, 11) is -0.338. The summed E-state index contributed by atoms with van der Waals surface area (Å²) in [4.78, 5) is 18.3. The van der Waals surface area contributed by atoms with Crippen LogP contribution < -0.4 is 9.04 Å². The molecule has 0 unspecified atom stereocenters. The zero-order chi connectivity index (χ0) is 24.0. The van der Waals surface area contributed by atoms with Crippen LogP contribution in [0.5, 0.6) is 5.75 Å². The standard InChI is InChI=1S/C22H25ClN4O5S/c1-26(15-20-24-22(25-32-20)16-6-4-7-17(23)14-16)21(28)8-5-13-27(33(3,29)30)18-9-11-19(31-2)12-10-18/h4,6-7,9-12,14H,5,8,13,15H2,1-3H3. The molecule has 3 rings (SSSR count). The van der Waals surface area contributed by atoms with Gasteiger partial charge in [-0.25, -0.2) is 8.42 Å². The maximum absolute atomic E-state index is 12.6. The van der Waals surface area contributed by atoms with Gasteiger partial charge in [0.15, 0.2) is 0 Å². The largest absolute Gasteiger partial charge is 0.497 e. The van der Waals surface area contributed by atoms with Gasteiger partial charge >= 0.3 is 0 Å². The highest BCUT2D eigenvalue weighted by Crippen LogP contribution is 2.23. The third kappa shape index (κ3) is 6.69. The fourth-order valence-electron chi connectivity index (χ4n) is 3.15. The van der Waals surface area contributed by atoms with E-state index in [-0.39, 0.29) is 31.3 Å². The van der Waals surface area contributed by atoms with Crippen LogP contribution in [0.25, 0.3) is 11.4 Å². The molecular weight excluding hydrogens is 468 g/mol. The van der Waals surface area contributed by atoms with Gasteiger partial charge in [0.25, 0.3) is 0 Å². The first-order valence-electron chi connectivity index (χ1n) is 10.1. The van der Waals surface area contributed by atoms with Crippen LogP contribution in [0.4, 0.5) is 5.69 Å². The maximum atomic E-state index is 12.6.